The van der Waals surface area contributed by atoms with Gasteiger partial charge < -0.3 is 10.0 Å². The highest BCUT2D eigenvalue weighted by molar-refractivity contribution is 8.00. The van der Waals surface area contributed by atoms with Crippen molar-refractivity contribution in [1.82, 2.24) is 4.90 Å². The lowest BCUT2D eigenvalue weighted by atomic mass is 9.98. The number of aliphatic carboxylic acids is 1. The van der Waals surface area contributed by atoms with Crippen molar-refractivity contribution in [1.29, 1.82) is 0 Å². The molecule has 1 atom stereocenters. The van der Waals surface area contributed by atoms with E-state index in [9.17, 15) is 19.7 Å². The summed E-state index contributed by atoms with van der Waals surface area (Å²) in [6.45, 7) is 0.712. The number of piperidine rings is 1. The van der Waals surface area contributed by atoms with Crippen molar-refractivity contribution in [3.63, 3.8) is 0 Å². The highest BCUT2D eigenvalue weighted by Gasteiger charge is 2.28. The van der Waals surface area contributed by atoms with Crippen LogP contribution in [0.15, 0.2) is 23.1 Å². The molecule has 0 unspecified atom stereocenters. The molecule has 0 aliphatic carbocycles. The largest absolute Gasteiger partial charge is 0.481 e. The molecule has 0 aromatic heterocycles. The number of nitro groups is 1. The fraction of sp³-hybridized carbons (Fsp3) is 0.429. The van der Waals surface area contributed by atoms with Crippen LogP contribution in [-0.2, 0) is 9.59 Å². The van der Waals surface area contributed by atoms with Gasteiger partial charge in [0.25, 0.3) is 5.69 Å². The van der Waals surface area contributed by atoms with Crippen LogP contribution in [0.1, 0.15) is 12.8 Å². The fourth-order valence-electron chi connectivity index (χ4n) is 2.39. The molecule has 1 fully saturated rings. The highest BCUT2D eigenvalue weighted by atomic mass is 35.5. The summed E-state index contributed by atoms with van der Waals surface area (Å²) in [6.07, 6.45) is 1.21. The molecule has 1 aromatic carbocycles. The van der Waals surface area contributed by atoms with Gasteiger partial charge in [-0.1, -0.05) is 11.6 Å². The number of benzene rings is 1. The maximum Gasteiger partial charge on any atom is 0.308 e. The van der Waals surface area contributed by atoms with E-state index in [1.807, 2.05) is 0 Å². The lowest BCUT2D eigenvalue weighted by Gasteiger charge is -2.30. The molecule has 1 amide bonds. The molecule has 124 valence electrons. The van der Waals surface area contributed by atoms with E-state index in [1.165, 1.54) is 23.1 Å². The molecule has 1 N–H and O–H groups in total. The Morgan fingerprint density at radius 2 is 2.22 bits per heavy atom. The summed E-state index contributed by atoms with van der Waals surface area (Å²) in [5.41, 5.74) is -0.141. The van der Waals surface area contributed by atoms with Crippen LogP contribution in [0.3, 0.4) is 0 Å². The number of carboxylic acid groups (broad SMARTS) is 1. The molecular weight excluding hydrogens is 344 g/mol. The minimum atomic E-state index is -0.900. The third-order valence-corrected chi connectivity index (χ3v) is 4.87. The van der Waals surface area contributed by atoms with Crippen molar-refractivity contribution in [2.24, 2.45) is 5.92 Å². The Morgan fingerprint density at radius 1 is 1.48 bits per heavy atom. The van der Waals surface area contributed by atoms with Crippen LogP contribution in [-0.4, -0.2) is 45.6 Å². The predicted molar refractivity (Wildman–Crippen MR) is 85.8 cm³/mol. The Morgan fingerprint density at radius 3 is 2.87 bits per heavy atom. The zero-order chi connectivity index (χ0) is 17.0. The first-order valence-corrected chi connectivity index (χ1v) is 8.32. The van der Waals surface area contributed by atoms with Gasteiger partial charge in [-0.3, -0.25) is 19.7 Å². The van der Waals surface area contributed by atoms with E-state index >= 15 is 0 Å². The third kappa shape index (κ3) is 4.59. The molecule has 7 nitrogen and oxygen atoms in total. The Bertz CT molecular complexity index is 640. The van der Waals surface area contributed by atoms with Gasteiger partial charge in [0.05, 0.1) is 21.5 Å². The first-order chi connectivity index (χ1) is 10.9. The number of thioether (sulfide) groups is 1. The summed E-state index contributed by atoms with van der Waals surface area (Å²) in [5.74, 6) is -1.63. The van der Waals surface area contributed by atoms with E-state index in [1.54, 1.807) is 0 Å². The summed E-state index contributed by atoms with van der Waals surface area (Å²) >= 11 is 6.80. The molecule has 2 rings (SSSR count). The van der Waals surface area contributed by atoms with Crippen molar-refractivity contribution in [3.8, 4) is 0 Å². The van der Waals surface area contributed by atoms with Gasteiger partial charge >= 0.3 is 5.97 Å². The summed E-state index contributed by atoms with van der Waals surface area (Å²) in [6, 6.07) is 4.28. The maximum absolute atomic E-state index is 12.2. The van der Waals surface area contributed by atoms with E-state index in [-0.39, 0.29) is 28.9 Å². The van der Waals surface area contributed by atoms with E-state index in [0.717, 1.165) is 11.8 Å². The number of nitrogens with zero attached hydrogens (tertiary/aromatic N) is 2. The standard InChI is InChI=1S/C14H15ClN2O5S/c15-10-3-4-12(11(6-10)17(21)22)23-8-13(18)16-5-1-2-9(7-16)14(19)20/h3-4,6,9H,1-2,5,7-8H2,(H,19,20)/t9-/m0/s1. The van der Waals surface area contributed by atoms with E-state index in [2.05, 4.69) is 0 Å². The average molecular weight is 359 g/mol. The highest BCUT2D eigenvalue weighted by Crippen LogP contribution is 2.32. The minimum absolute atomic E-state index is 0.0226. The Balaban J connectivity index is 1.99. The first-order valence-electron chi connectivity index (χ1n) is 6.96. The minimum Gasteiger partial charge on any atom is -0.481 e. The topological polar surface area (TPSA) is 101 Å². The molecule has 1 heterocycles. The number of likely N-dealkylation sites (tertiary alicyclic amines) is 1. The van der Waals surface area contributed by atoms with Gasteiger partial charge in [-0.25, -0.2) is 0 Å². The smallest absolute Gasteiger partial charge is 0.308 e. The summed E-state index contributed by atoms with van der Waals surface area (Å²) in [5, 5.41) is 20.3. The maximum atomic E-state index is 12.2. The van der Waals surface area contributed by atoms with Gasteiger partial charge in [0.2, 0.25) is 5.91 Å². The molecule has 1 aromatic rings. The van der Waals surface area contributed by atoms with Crippen molar-refractivity contribution in [2.75, 3.05) is 18.8 Å². The first kappa shape index (κ1) is 17.6. The van der Waals surface area contributed by atoms with Crippen LogP contribution in [0.2, 0.25) is 5.02 Å². The van der Waals surface area contributed by atoms with Gasteiger partial charge in [-0.05, 0) is 25.0 Å². The van der Waals surface area contributed by atoms with Crippen LogP contribution in [0, 0.1) is 16.0 Å². The average Bonchev–Trinajstić information content (AvgIpc) is 2.53. The Labute approximate surface area is 141 Å². The van der Waals surface area contributed by atoms with E-state index < -0.39 is 16.8 Å². The quantitative estimate of drug-likeness (QED) is 0.493. The number of hydrogen-bond acceptors (Lipinski definition) is 5. The van der Waals surface area contributed by atoms with Gasteiger partial charge in [-0.2, -0.15) is 0 Å². The van der Waals surface area contributed by atoms with Crippen LogP contribution >= 0.6 is 23.4 Å². The van der Waals surface area contributed by atoms with Crippen LogP contribution in [0.4, 0.5) is 5.69 Å². The summed E-state index contributed by atoms with van der Waals surface area (Å²) < 4.78 is 0. The number of hydrogen-bond donors (Lipinski definition) is 1. The van der Waals surface area contributed by atoms with E-state index in [4.69, 9.17) is 16.7 Å². The molecule has 0 spiro atoms. The lowest BCUT2D eigenvalue weighted by molar-refractivity contribution is -0.387. The number of amides is 1. The van der Waals surface area contributed by atoms with E-state index in [0.29, 0.717) is 24.3 Å². The zero-order valence-electron chi connectivity index (χ0n) is 12.1. The second kappa shape index (κ2) is 7.65. The van der Waals surface area contributed by atoms with Crippen molar-refractivity contribution in [2.45, 2.75) is 17.7 Å². The fourth-order valence-corrected chi connectivity index (χ4v) is 3.46. The van der Waals surface area contributed by atoms with Crippen LogP contribution in [0.5, 0.6) is 0 Å². The predicted octanol–water partition coefficient (Wildman–Crippen LogP) is 2.66. The number of carboxylic acids is 1. The molecule has 9 heteroatoms. The number of halogens is 1. The monoisotopic (exact) mass is 358 g/mol. The number of carbonyl (C=O) groups excluding carboxylic acids is 1. The third-order valence-electron chi connectivity index (χ3n) is 3.59. The second-order valence-electron chi connectivity index (χ2n) is 5.17. The van der Waals surface area contributed by atoms with Crippen molar-refractivity contribution in [3.05, 3.63) is 33.3 Å². The molecule has 0 saturated carbocycles. The lowest BCUT2D eigenvalue weighted by Crippen LogP contribution is -2.43. The molecule has 0 bridgehead atoms. The number of nitro benzene ring substituents is 1. The van der Waals surface area contributed by atoms with Crippen molar-refractivity contribution >= 4 is 40.9 Å². The normalized spacial score (nSPS) is 17.8. The van der Waals surface area contributed by atoms with Gasteiger partial charge in [0.15, 0.2) is 0 Å². The number of rotatable bonds is 5. The second-order valence-corrected chi connectivity index (χ2v) is 6.63. The molecule has 1 aliphatic rings. The Kier molecular flexibility index (Phi) is 5.84. The Hall–Kier alpha value is -1.80. The molecule has 23 heavy (non-hydrogen) atoms. The SMILES string of the molecule is O=C(O)[C@H]1CCCN(C(=O)CSc2ccc(Cl)cc2[N+](=O)[O-])C1. The van der Waals surface area contributed by atoms with Crippen molar-refractivity contribution < 1.29 is 19.6 Å². The van der Waals surface area contributed by atoms with Gasteiger partial charge in [0.1, 0.15) is 0 Å². The van der Waals surface area contributed by atoms with Crippen LogP contribution < -0.4 is 0 Å². The number of carbonyl (C=O) groups is 2. The zero-order valence-corrected chi connectivity index (χ0v) is 13.7. The summed E-state index contributed by atoms with van der Waals surface area (Å²) in [4.78, 5) is 35.6. The molecule has 1 aliphatic heterocycles. The molecule has 1 saturated heterocycles. The van der Waals surface area contributed by atoms with Crippen LogP contribution in [0.25, 0.3) is 0 Å². The summed E-state index contributed by atoms with van der Waals surface area (Å²) in [7, 11) is 0. The van der Waals surface area contributed by atoms with Gasteiger partial charge in [-0.15, -0.1) is 11.8 Å². The van der Waals surface area contributed by atoms with Gasteiger partial charge in [0, 0.05) is 24.2 Å². The molecular formula is C14H15ClN2O5S. The molecule has 0 radical (unpaired) electrons.